The quantitative estimate of drug-likeness (QED) is 0.145. The van der Waals surface area contributed by atoms with E-state index in [4.69, 9.17) is 4.99 Å². The molecule has 344 valence electrons. The summed E-state index contributed by atoms with van der Waals surface area (Å²) < 4.78 is 2.38. The summed E-state index contributed by atoms with van der Waals surface area (Å²) >= 11 is 0. The predicted molar refractivity (Wildman–Crippen MR) is 307 cm³/mol. The smallest absolute Gasteiger partial charge is 0.134 e. The van der Waals surface area contributed by atoms with Crippen LogP contribution in [0.15, 0.2) is 290 Å². The number of nitrogens with one attached hydrogen (secondary N) is 1. The Morgan fingerprint density at radius 1 is 0.288 bits per heavy atom. The van der Waals surface area contributed by atoms with Gasteiger partial charge in [0.25, 0.3) is 0 Å². The van der Waals surface area contributed by atoms with Crippen LogP contribution in [-0.4, -0.2) is 10.4 Å². The van der Waals surface area contributed by atoms with Crippen molar-refractivity contribution in [3.05, 3.63) is 302 Å². The van der Waals surface area contributed by atoms with Crippen molar-refractivity contribution in [1.82, 2.24) is 9.88 Å². The van der Waals surface area contributed by atoms with Gasteiger partial charge in [-0.15, -0.1) is 0 Å². The molecule has 11 aromatic carbocycles. The molecule has 1 atom stereocenters. The van der Waals surface area contributed by atoms with E-state index in [9.17, 15) is 0 Å². The van der Waals surface area contributed by atoms with E-state index in [1.807, 2.05) is 0 Å². The Balaban J connectivity index is 0.835. The number of rotatable bonds is 10. The van der Waals surface area contributed by atoms with Crippen molar-refractivity contribution >= 4 is 33.3 Å². The molecule has 0 saturated heterocycles. The summed E-state index contributed by atoms with van der Waals surface area (Å²) in [6, 6.07) is 100. The minimum Gasteiger partial charge on any atom is -0.359 e. The van der Waals surface area contributed by atoms with Crippen LogP contribution in [0.25, 0.3) is 100.0 Å². The number of para-hydroxylation sites is 2. The minimum atomic E-state index is -0.128. The zero-order valence-electron chi connectivity index (χ0n) is 40.1. The van der Waals surface area contributed by atoms with E-state index in [0.29, 0.717) is 0 Å². The summed E-state index contributed by atoms with van der Waals surface area (Å²) in [7, 11) is 0. The fourth-order valence-corrected chi connectivity index (χ4v) is 10.5. The SMILES string of the molecule is C1=C(c2ccc(-c3cccc(-n4c5ccccc5c5ccccc54)c3)cc2)N=C(c2cccc(-c3cccc(-c4ccccc4)c3)c2)NC1c1ccc(-c2cccc(-c3cccc(-c4ccccc4)c3)c2)cc1. The van der Waals surface area contributed by atoms with Crippen LogP contribution in [-0.2, 0) is 0 Å². The van der Waals surface area contributed by atoms with Gasteiger partial charge in [0.15, 0.2) is 0 Å². The highest BCUT2D eigenvalue weighted by atomic mass is 15.0. The van der Waals surface area contributed by atoms with Crippen LogP contribution >= 0.6 is 0 Å². The number of benzene rings is 11. The van der Waals surface area contributed by atoms with Crippen LogP contribution in [0.5, 0.6) is 0 Å². The van der Waals surface area contributed by atoms with E-state index in [0.717, 1.165) is 56.2 Å². The van der Waals surface area contributed by atoms with Gasteiger partial charge in [-0.1, -0.05) is 231 Å². The first kappa shape index (κ1) is 43.5. The third-order valence-electron chi connectivity index (χ3n) is 14.3. The maximum Gasteiger partial charge on any atom is 0.134 e. The van der Waals surface area contributed by atoms with Gasteiger partial charge in [0.2, 0.25) is 0 Å². The van der Waals surface area contributed by atoms with E-state index in [2.05, 4.69) is 295 Å². The number of hydrogen-bond acceptors (Lipinski definition) is 2. The Bertz CT molecular complexity index is 3980. The van der Waals surface area contributed by atoms with E-state index >= 15 is 0 Å². The summed E-state index contributed by atoms with van der Waals surface area (Å²) in [4.78, 5) is 5.40. The summed E-state index contributed by atoms with van der Waals surface area (Å²) in [6.45, 7) is 0. The minimum absolute atomic E-state index is 0.128. The van der Waals surface area contributed by atoms with Gasteiger partial charge in [0.1, 0.15) is 5.84 Å². The van der Waals surface area contributed by atoms with Gasteiger partial charge in [-0.05, 0) is 132 Å². The summed E-state index contributed by atoms with van der Waals surface area (Å²) in [5.41, 5.74) is 21.9. The Morgan fingerprint density at radius 3 is 1.15 bits per heavy atom. The highest BCUT2D eigenvalue weighted by Crippen LogP contribution is 2.36. The van der Waals surface area contributed by atoms with Crippen LogP contribution < -0.4 is 5.32 Å². The largest absolute Gasteiger partial charge is 0.359 e. The first-order chi connectivity index (χ1) is 36.1. The number of hydrogen-bond donors (Lipinski definition) is 1. The van der Waals surface area contributed by atoms with Crippen molar-refractivity contribution in [2.75, 3.05) is 0 Å². The molecular formula is C70H49N3. The average Bonchev–Trinajstić information content (AvgIpc) is 3.82. The number of fused-ring (bicyclic) bond motifs is 3. The first-order valence-electron chi connectivity index (χ1n) is 25.0. The zero-order chi connectivity index (χ0) is 48.5. The number of aromatic nitrogens is 1. The Kier molecular flexibility index (Phi) is 11.3. The topological polar surface area (TPSA) is 29.3 Å². The highest BCUT2D eigenvalue weighted by Gasteiger charge is 2.21. The molecule has 1 aliphatic heterocycles. The van der Waals surface area contributed by atoms with Gasteiger partial charge in [0, 0.05) is 22.0 Å². The van der Waals surface area contributed by atoms with Crippen molar-refractivity contribution < 1.29 is 0 Å². The lowest BCUT2D eigenvalue weighted by Crippen LogP contribution is -2.31. The lowest BCUT2D eigenvalue weighted by molar-refractivity contribution is 0.781. The zero-order valence-corrected chi connectivity index (χ0v) is 40.1. The molecule has 0 radical (unpaired) electrons. The maximum absolute atomic E-state index is 5.40. The first-order valence-corrected chi connectivity index (χ1v) is 25.0. The van der Waals surface area contributed by atoms with Crippen molar-refractivity contribution in [3.8, 4) is 72.4 Å². The normalized spacial score (nSPS) is 13.3. The molecule has 0 aliphatic carbocycles. The maximum atomic E-state index is 5.40. The molecule has 0 amide bonds. The second kappa shape index (κ2) is 19.0. The third-order valence-corrected chi connectivity index (χ3v) is 14.3. The van der Waals surface area contributed by atoms with Crippen molar-refractivity contribution in [1.29, 1.82) is 0 Å². The van der Waals surface area contributed by atoms with Crippen LogP contribution in [0, 0.1) is 0 Å². The Morgan fingerprint density at radius 2 is 0.644 bits per heavy atom. The van der Waals surface area contributed by atoms with Crippen molar-refractivity contribution in [3.63, 3.8) is 0 Å². The molecule has 1 aromatic heterocycles. The lowest BCUT2D eigenvalue weighted by Gasteiger charge is -2.25. The molecule has 2 heterocycles. The van der Waals surface area contributed by atoms with Crippen LogP contribution in [0.3, 0.4) is 0 Å². The molecular weight excluding hydrogens is 883 g/mol. The molecule has 3 nitrogen and oxygen atoms in total. The predicted octanol–water partition coefficient (Wildman–Crippen LogP) is 17.9. The molecule has 0 spiro atoms. The van der Waals surface area contributed by atoms with E-state index in [-0.39, 0.29) is 6.04 Å². The Hall–Kier alpha value is -9.57. The van der Waals surface area contributed by atoms with Gasteiger partial charge in [-0.3, -0.25) is 0 Å². The number of nitrogens with zero attached hydrogens (tertiary/aromatic N) is 2. The molecule has 12 aromatic rings. The van der Waals surface area contributed by atoms with Crippen molar-refractivity contribution in [2.45, 2.75) is 6.04 Å². The second-order valence-electron chi connectivity index (χ2n) is 18.8. The van der Waals surface area contributed by atoms with E-state index < -0.39 is 0 Å². The number of aliphatic imine (C=N–C) groups is 1. The summed E-state index contributed by atoms with van der Waals surface area (Å²) in [6.07, 6.45) is 2.27. The third kappa shape index (κ3) is 8.64. The highest BCUT2D eigenvalue weighted by molar-refractivity contribution is 6.09. The van der Waals surface area contributed by atoms with Gasteiger partial charge in [-0.25, -0.2) is 4.99 Å². The molecule has 13 rings (SSSR count). The standard InChI is InChI=1S/C70H49N3/c1-3-16-48(17-4-1)54-20-11-23-57(42-54)58-24-13-22-56(44-58)50-34-38-52(39-35-50)66-47-67(72-70(71-66)62-28-14-26-60(45-62)59-25-12-21-55(43-59)49-18-5-2-6-19-49)53-40-36-51(37-41-53)61-27-15-29-63(46-61)73-68-32-9-7-30-64(68)65-31-8-10-33-69(65)73/h1-47,66H,(H,71,72). The fourth-order valence-electron chi connectivity index (χ4n) is 10.5. The fraction of sp³-hybridized carbons (Fsp3) is 0.0143. The molecule has 0 bridgehead atoms. The van der Waals surface area contributed by atoms with E-state index in [1.54, 1.807) is 0 Å². The number of amidine groups is 1. The van der Waals surface area contributed by atoms with Crippen molar-refractivity contribution in [2.24, 2.45) is 4.99 Å². The Labute approximate surface area is 426 Å². The molecule has 0 fully saturated rings. The van der Waals surface area contributed by atoms with Crippen LogP contribution in [0.2, 0.25) is 0 Å². The molecule has 1 N–H and O–H groups in total. The van der Waals surface area contributed by atoms with Gasteiger partial charge in [-0.2, -0.15) is 0 Å². The average molecular weight is 932 g/mol. The molecule has 1 unspecified atom stereocenters. The van der Waals surface area contributed by atoms with Crippen LogP contribution in [0.1, 0.15) is 22.7 Å². The lowest BCUT2D eigenvalue weighted by atomic mass is 9.94. The second-order valence-corrected chi connectivity index (χ2v) is 18.8. The summed E-state index contributed by atoms with van der Waals surface area (Å²) in [5.74, 6) is 0.834. The molecule has 0 saturated carbocycles. The van der Waals surface area contributed by atoms with Gasteiger partial charge in [0.05, 0.1) is 22.8 Å². The molecule has 1 aliphatic rings. The monoisotopic (exact) mass is 931 g/mol. The molecule has 3 heteroatoms. The van der Waals surface area contributed by atoms with Gasteiger partial charge < -0.3 is 9.88 Å². The molecule has 73 heavy (non-hydrogen) atoms. The van der Waals surface area contributed by atoms with Gasteiger partial charge >= 0.3 is 0 Å². The van der Waals surface area contributed by atoms with Crippen LogP contribution in [0.4, 0.5) is 0 Å². The summed E-state index contributed by atoms with van der Waals surface area (Å²) in [5, 5.41) is 6.38. The van der Waals surface area contributed by atoms with E-state index in [1.165, 1.54) is 66.3 Å².